The molecular weight excluding hydrogens is 400 g/mol. The Morgan fingerprint density at radius 2 is 2.00 bits per heavy atom. The molecule has 0 fully saturated rings. The summed E-state index contributed by atoms with van der Waals surface area (Å²) >= 11 is 9.28. The van der Waals surface area contributed by atoms with E-state index in [1.54, 1.807) is 11.8 Å². The Balaban J connectivity index is 1.43. The van der Waals surface area contributed by atoms with Crippen molar-refractivity contribution < 1.29 is 0 Å². The summed E-state index contributed by atoms with van der Waals surface area (Å²) in [5, 5.41) is 13.1. The molecule has 0 atom stereocenters. The number of halogens is 1. The van der Waals surface area contributed by atoms with Gasteiger partial charge in [0.05, 0.1) is 5.69 Å². The molecule has 0 radical (unpaired) electrons. The molecule has 138 valence electrons. The molecule has 0 aliphatic carbocycles. The molecule has 0 aliphatic rings. The largest absolute Gasteiger partial charge is 0.330 e. The number of thioether (sulfide) groups is 1. The van der Waals surface area contributed by atoms with E-state index in [4.69, 9.17) is 11.6 Å². The zero-order valence-corrected chi connectivity index (χ0v) is 17.4. The van der Waals surface area contributed by atoms with Crippen molar-refractivity contribution in [3.8, 4) is 0 Å². The SMILES string of the molecule is Cc1cc(C)n2cc(CSc3nnc(Nc4ccc(C)c(Cl)c4)s3)nc2n1. The van der Waals surface area contributed by atoms with Crippen molar-refractivity contribution in [2.75, 3.05) is 5.32 Å². The van der Waals surface area contributed by atoms with Crippen LogP contribution in [0.5, 0.6) is 0 Å². The van der Waals surface area contributed by atoms with E-state index in [0.29, 0.717) is 5.75 Å². The molecule has 0 unspecified atom stereocenters. The Morgan fingerprint density at radius 1 is 1.15 bits per heavy atom. The maximum Gasteiger partial charge on any atom is 0.234 e. The minimum atomic E-state index is 0.715. The van der Waals surface area contributed by atoms with Crippen LogP contribution in [0.15, 0.2) is 34.8 Å². The number of imidazole rings is 1. The summed E-state index contributed by atoms with van der Waals surface area (Å²) in [6, 6.07) is 7.89. The predicted octanol–water partition coefficient (Wildman–Crippen LogP) is 5.20. The smallest absolute Gasteiger partial charge is 0.234 e. The third-order valence-corrected chi connectivity index (χ3v) is 6.40. The van der Waals surface area contributed by atoms with Gasteiger partial charge >= 0.3 is 0 Å². The Hall–Kier alpha value is -2.16. The zero-order chi connectivity index (χ0) is 19.0. The molecule has 4 aromatic rings. The summed E-state index contributed by atoms with van der Waals surface area (Å²) in [5.74, 6) is 1.45. The number of fused-ring (bicyclic) bond motifs is 1. The first kappa shape index (κ1) is 18.2. The fourth-order valence-corrected chi connectivity index (χ4v) is 4.47. The predicted molar refractivity (Wildman–Crippen MR) is 111 cm³/mol. The number of nitrogens with one attached hydrogen (secondary N) is 1. The molecular formula is C18H17ClN6S2. The van der Waals surface area contributed by atoms with Crippen LogP contribution < -0.4 is 5.32 Å². The quantitative estimate of drug-likeness (QED) is 0.451. The summed E-state index contributed by atoms with van der Waals surface area (Å²) in [5.41, 5.74) is 5.01. The molecule has 9 heteroatoms. The maximum absolute atomic E-state index is 6.17. The summed E-state index contributed by atoms with van der Waals surface area (Å²) in [4.78, 5) is 9.07. The first-order valence-corrected chi connectivity index (χ1v) is 10.5. The Bertz CT molecular complexity index is 1120. The lowest BCUT2D eigenvalue weighted by Crippen LogP contribution is -1.94. The van der Waals surface area contributed by atoms with Crippen molar-refractivity contribution in [3.63, 3.8) is 0 Å². The molecule has 0 amide bonds. The Labute approximate surface area is 170 Å². The summed E-state index contributed by atoms with van der Waals surface area (Å²) in [6.45, 7) is 6.01. The van der Waals surface area contributed by atoms with E-state index < -0.39 is 0 Å². The van der Waals surface area contributed by atoms with Crippen molar-refractivity contribution in [1.82, 2.24) is 24.6 Å². The fourth-order valence-electron chi connectivity index (χ4n) is 2.64. The number of nitrogens with zero attached hydrogens (tertiary/aromatic N) is 5. The van der Waals surface area contributed by atoms with Gasteiger partial charge in [-0.2, -0.15) is 0 Å². The minimum Gasteiger partial charge on any atom is -0.330 e. The van der Waals surface area contributed by atoms with Gasteiger partial charge < -0.3 is 5.32 Å². The second-order valence-corrected chi connectivity index (χ2v) is 8.80. The van der Waals surface area contributed by atoms with Gasteiger partial charge in [0, 0.05) is 34.0 Å². The second kappa shape index (κ2) is 7.46. The van der Waals surface area contributed by atoms with Gasteiger partial charge in [-0.15, -0.1) is 10.2 Å². The number of aryl methyl sites for hydroxylation is 3. The summed E-state index contributed by atoms with van der Waals surface area (Å²) in [7, 11) is 0. The molecule has 3 aromatic heterocycles. The fraction of sp³-hybridized carbons (Fsp3) is 0.222. The van der Waals surface area contributed by atoms with E-state index in [-0.39, 0.29) is 0 Å². The van der Waals surface area contributed by atoms with Crippen LogP contribution in [0.3, 0.4) is 0 Å². The van der Waals surface area contributed by atoms with E-state index in [1.165, 1.54) is 11.3 Å². The molecule has 6 nitrogen and oxygen atoms in total. The molecule has 1 aromatic carbocycles. The van der Waals surface area contributed by atoms with Gasteiger partial charge in [0.2, 0.25) is 10.9 Å². The van der Waals surface area contributed by atoms with Crippen LogP contribution >= 0.6 is 34.7 Å². The van der Waals surface area contributed by atoms with Crippen molar-refractivity contribution in [3.05, 3.63) is 58.1 Å². The molecule has 0 saturated heterocycles. The molecule has 0 aliphatic heterocycles. The highest BCUT2D eigenvalue weighted by Crippen LogP contribution is 2.30. The Kier molecular flexibility index (Phi) is 5.03. The lowest BCUT2D eigenvalue weighted by molar-refractivity contribution is 1.01. The monoisotopic (exact) mass is 416 g/mol. The molecule has 4 rings (SSSR count). The number of aromatic nitrogens is 5. The number of benzene rings is 1. The number of anilines is 2. The van der Waals surface area contributed by atoms with Crippen molar-refractivity contribution in [1.29, 1.82) is 0 Å². The maximum atomic E-state index is 6.17. The molecule has 1 N–H and O–H groups in total. The number of rotatable bonds is 5. The van der Waals surface area contributed by atoms with Gasteiger partial charge in [-0.25, -0.2) is 9.97 Å². The van der Waals surface area contributed by atoms with E-state index >= 15 is 0 Å². The molecule has 0 saturated carbocycles. The van der Waals surface area contributed by atoms with E-state index in [9.17, 15) is 0 Å². The lowest BCUT2D eigenvalue weighted by atomic mass is 10.2. The molecule has 27 heavy (non-hydrogen) atoms. The molecule has 0 spiro atoms. The highest BCUT2D eigenvalue weighted by molar-refractivity contribution is 8.00. The van der Waals surface area contributed by atoms with E-state index in [0.717, 1.165) is 48.6 Å². The second-order valence-electron chi connectivity index (χ2n) is 6.19. The van der Waals surface area contributed by atoms with E-state index in [1.807, 2.05) is 48.7 Å². The lowest BCUT2D eigenvalue weighted by Gasteiger charge is -2.03. The van der Waals surface area contributed by atoms with Gasteiger partial charge in [0.15, 0.2) is 4.34 Å². The van der Waals surface area contributed by atoms with Gasteiger partial charge in [-0.05, 0) is 44.5 Å². The first-order valence-electron chi connectivity index (χ1n) is 8.29. The summed E-state index contributed by atoms with van der Waals surface area (Å²) in [6.07, 6.45) is 2.03. The third kappa shape index (κ3) is 4.07. The summed E-state index contributed by atoms with van der Waals surface area (Å²) < 4.78 is 2.89. The van der Waals surface area contributed by atoms with E-state index in [2.05, 4.69) is 32.4 Å². The highest BCUT2D eigenvalue weighted by atomic mass is 35.5. The topological polar surface area (TPSA) is 68.0 Å². The average Bonchev–Trinajstić information content (AvgIpc) is 3.23. The van der Waals surface area contributed by atoms with Gasteiger partial charge in [-0.1, -0.05) is 40.8 Å². The Morgan fingerprint density at radius 3 is 2.81 bits per heavy atom. The number of hydrogen-bond acceptors (Lipinski definition) is 7. The third-order valence-electron chi connectivity index (χ3n) is 3.98. The number of hydrogen-bond donors (Lipinski definition) is 1. The zero-order valence-electron chi connectivity index (χ0n) is 15.0. The van der Waals surface area contributed by atoms with Crippen molar-refractivity contribution in [2.24, 2.45) is 0 Å². The van der Waals surface area contributed by atoms with Crippen LogP contribution in [0.2, 0.25) is 5.02 Å². The van der Waals surface area contributed by atoms with Crippen molar-refractivity contribution in [2.45, 2.75) is 30.9 Å². The standard InChI is InChI=1S/C18H17ClN6S2/c1-10-4-5-13(7-15(10)19)22-17-23-24-18(27-17)26-9-14-8-25-12(3)6-11(2)20-16(25)21-14/h4-8H,9H2,1-3H3,(H,22,23). The van der Waals surface area contributed by atoms with Crippen LogP contribution in [-0.4, -0.2) is 24.6 Å². The van der Waals surface area contributed by atoms with Gasteiger partial charge in [0.25, 0.3) is 0 Å². The van der Waals surface area contributed by atoms with Crippen molar-refractivity contribution >= 4 is 51.3 Å². The highest BCUT2D eigenvalue weighted by Gasteiger charge is 2.10. The normalized spacial score (nSPS) is 11.3. The van der Waals surface area contributed by atoms with Crippen LogP contribution in [0.4, 0.5) is 10.8 Å². The first-order chi connectivity index (χ1) is 13.0. The average molecular weight is 417 g/mol. The van der Waals surface area contributed by atoms with Gasteiger partial charge in [0.1, 0.15) is 0 Å². The van der Waals surface area contributed by atoms with Crippen LogP contribution in [-0.2, 0) is 5.75 Å². The van der Waals surface area contributed by atoms with Crippen LogP contribution in [0.1, 0.15) is 22.6 Å². The van der Waals surface area contributed by atoms with Crippen LogP contribution in [0.25, 0.3) is 5.78 Å². The molecule has 3 heterocycles. The van der Waals surface area contributed by atoms with Gasteiger partial charge in [-0.3, -0.25) is 4.40 Å². The van der Waals surface area contributed by atoms with Crippen LogP contribution in [0, 0.1) is 20.8 Å². The molecule has 0 bridgehead atoms. The minimum absolute atomic E-state index is 0.715.